The summed E-state index contributed by atoms with van der Waals surface area (Å²) in [6.07, 6.45) is 8.81. The van der Waals surface area contributed by atoms with Crippen LogP contribution in [0.15, 0.2) is 24.7 Å². The number of aromatic nitrogens is 3. The van der Waals surface area contributed by atoms with Crippen LogP contribution in [0.2, 0.25) is 5.15 Å². The van der Waals surface area contributed by atoms with Gasteiger partial charge in [0.15, 0.2) is 0 Å². The fourth-order valence-corrected chi connectivity index (χ4v) is 4.01. The molecule has 7 nitrogen and oxygen atoms in total. The quantitative estimate of drug-likeness (QED) is 0.561. The second-order valence-electron chi connectivity index (χ2n) is 7.90. The number of hydrogen-bond acceptors (Lipinski definition) is 6. The second-order valence-corrected chi connectivity index (χ2v) is 8.29. The summed E-state index contributed by atoms with van der Waals surface area (Å²) in [5, 5.41) is 18.1. The minimum Gasteiger partial charge on any atom is -0.393 e. The van der Waals surface area contributed by atoms with Crippen LogP contribution in [0.5, 0.6) is 0 Å². The van der Waals surface area contributed by atoms with Crippen LogP contribution in [0.3, 0.4) is 0 Å². The molecular formula is C22H28ClN5O2. The highest BCUT2D eigenvalue weighted by atomic mass is 35.5. The van der Waals surface area contributed by atoms with E-state index in [0.717, 1.165) is 81.9 Å². The Morgan fingerprint density at radius 1 is 1.13 bits per heavy atom. The van der Waals surface area contributed by atoms with E-state index in [0.29, 0.717) is 11.2 Å². The molecule has 0 aromatic carbocycles. The van der Waals surface area contributed by atoms with Crippen LogP contribution in [-0.4, -0.2) is 69.8 Å². The summed E-state index contributed by atoms with van der Waals surface area (Å²) in [6.45, 7) is 5.37. The molecule has 0 radical (unpaired) electrons. The number of hydrogen-bond donors (Lipinski definition) is 2. The Kier molecular flexibility index (Phi) is 7.24. The smallest absolute Gasteiger partial charge is 0.131 e. The number of pyridine rings is 1. The summed E-state index contributed by atoms with van der Waals surface area (Å²) < 4.78 is 7.32. The standard InChI is InChI=1S/C22H28ClN5O2/c23-22-13-21(26-19-3-5-20(29)6-4-19)18(15-24-22)2-1-17-14-25-28(16-17)8-7-27-9-11-30-12-10-27/h13-16,19-20,29H,3-12H2,(H,24,26). The molecule has 2 fully saturated rings. The van der Waals surface area contributed by atoms with Crippen LogP contribution in [0.4, 0.5) is 5.69 Å². The third-order valence-corrected chi connectivity index (χ3v) is 5.86. The first kappa shape index (κ1) is 21.1. The highest BCUT2D eigenvalue weighted by Crippen LogP contribution is 2.25. The van der Waals surface area contributed by atoms with Crippen LogP contribution in [0, 0.1) is 11.8 Å². The summed E-state index contributed by atoms with van der Waals surface area (Å²) in [5.41, 5.74) is 2.58. The molecule has 3 heterocycles. The van der Waals surface area contributed by atoms with Crippen LogP contribution in [0.25, 0.3) is 0 Å². The van der Waals surface area contributed by atoms with Gasteiger partial charge in [0.2, 0.25) is 0 Å². The number of nitrogens with one attached hydrogen (secondary N) is 1. The van der Waals surface area contributed by atoms with Gasteiger partial charge in [0.1, 0.15) is 5.15 Å². The van der Waals surface area contributed by atoms with Crippen molar-refractivity contribution in [1.82, 2.24) is 19.7 Å². The van der Waals surface area contributed by atoms with Gasteiger partial charge in [-0.25, -0.2) is 4.98 Å². The fourth-order valence-electron chi connectivity index (χ4n) is 3.85. The molecule has 0 amide bonds. The van der Waals surface area contributed by atoms with E-state index in [1.165, 1.54) is 0 Å². The van der Waals surface area contributed by atoms with Gasteiger partial charge in [-0.15, -0.1) is 0 Å². The van der Waals surface area contributed by atoms with Crippen LogP contribution in [-0.2, 0) is 11.3 Å². The van der Waals surface area contributed by atoms with E-state index in [1.54, 1.807) is 12.4 Å². The largest absolute Gasteiger partial charge is 0.393 e. The molecule has 2 aliphatic rings. The Morgan fingerprint density at radius 2 is 1.93 bits per heavy atom. The van der Waals surface area contributed by atoms with E-state index in [9.17, 15) is 5.11 Å². The third kappa shape index (κ3) is 5.96. The Labute approximate surface area is 182 Å². The van der Waals surface area contributed by atoms with Gasteiger partial charge in [-0.1, -0.05) is 23.4 Å². The van der Waals surface area contributed by atoms with Gasteiger partial charge in [0.05, 0.1) is 48.9 Å². The molecule has 30 heavy (non-hydrogen) atoms. The minimum atomic E-state index is -0.178. The van der Waals surface area contributed by atoms with Gasteiger partial charge in [0, 0.05) is 38.1 Å². The number of anilines is 1. The summed E-state index contributed by atoms with van der Waals surface area (Å²) in [7, 11) is 0. The van der Waals surface area contributed by atoms with Gasteiger partial charge in [-0.05, 0) is 31.7 Å². The van der Waals surface area contributed by atoms with Crippen molar-refractivity contribution >= 4 is 17.3 Å². The number of rotatable bonds is 5. The summed E-state index contributed by atoms with van der Waals surface area (Å²) in [4.78, 5) is 6.58. The lowest BCUT2D eigenvalue weighted by molar-refractivity contribution is 0.0359. The summed E-state index contributed by atoms with van der Waals surface area (Å²) in [6, 6.07) is 2.14. The van der Waals surface area contributed by atoms with Crippen molar-refractivity contribution in [3.05, 3.63) is 40.9 Å². The predicted octanol–water partition coefficient (Wildman–Crippen LogP) is 2.38. The number of halogens is 1. The topological polar surface area (TPSA) is 75.4 Å². The maximum atomic E-state index is 9.72. The summed E-state index contributed by atoms with van der Waals surface area (Å²) >= 11 is 6.11. The maximum Gasteiger partial charge on any atom is 0.131 e. The molecule has 0 unspecified atom stereocenters. The Bertz CT molecular complexity index is 892. The molecule has 0 atom stereocenters. The Hall–Kier alpha value is -2.11. The lowest BCUT2D eigenvalue weighted by atomic mass is 9.93. The molecule has 1 aliphatic carbocycles. The number of nitrogens with zero attached hydrogens (tertiary/aromatic N) is 4. The van der Waals surface area contributed by atoms with Crippen molar-refractivity contribution in [2.45, 2.75) is 44.4 Å². The number of aliphatic hydroxyl groups is 1. The van der Waals surface area contributed by atoms with Gasteiger partial charge in [-0.2, -0.15) is 5.10 Å². The van der Waals surface area contributed by atoms with Crippen LogP contribution in [0.1, 0.15) is 36.8 Å². The predicted molar refractivity (Wildman–Crippen MR) is 117 cm³/mol. The molecule has 160 valence electrons. The number of morpholine rings is 1. The van der Waals surface area contributed by atoms with E-state index in [1.807, 2.05) is 16.9 Å². The first-order valence-electron chi connectivity index (χ1n) is 10.6. The van der Waals surface area contributed by atoms with Gasteiger partial charge < -0.3 is 15.2 Å². The molecule has 1 saturated heterocycles. The maximum absolute atomic E-state index is 9.72. The molecule has 1 saturated carbocycles. The third-order valence-electron chi connectivity index (χ3n) is 5.65. The van der Waals surface area contributed by atoms with Crippen molar-refractivity contribution in [3.8, 4) is 11.8 Å². The molecule has 0 spiro atoms. The van der Waals surface area contributed by atoms with Crippen LogP contribution >= 0.6 is 11.6 Å². The van der Waals surface area contributed by atoms with Crippen molar-refractivity contribution in [2.75, 3.05) is 38.2 Å². The number of ether oxygens (including phenoxy) is 1. The lowest BCUT2D eigenvalue weighted by Crippen LogP contribution is -2.38. The van der Waals surface area contributed by atoms with Gasteiger partial charge in [-0.3, -0.25) is 9.58 Å². The van der Waals surface area contributed by atoms with Crippen molar-refractivity contribution in [1.29, 1.82) is 0 Å². The molecule has 2 aromatic heterocycles. The highest BCUT2D eigenvalue weighted by molar-refractivity contribution is 6.29. The SMILES string of the molecule is OC1CCC(Nc2cc(Cl)ncc2C#Cc2cnn(CCN3CCOCC3)c2)CC1. The zero-order valence-electron chi connectivity index (χ0n) is 17.1. The molecule has 0 bridgehead atoms. The van der Waals surface area contributed by atoms with Crippen molar-refractivity contribution < 1.29 is 9.84 Å². The molecule has 4 rings (SSSR count). The zero-order valence-corrected chi connectivity index (χ0v) is 17.8. The van der Waals surface area contributed by atoms with E-state index in [-0.39, 0.29) is 6.10 Å². The molecular weight excluding hydrogens is 402 g/mol. The highest BCUT2D eigenvalue weighted by Gasteiger charge is 2.20. The van der Waals surface area contributed by atoms with E-state index < -0.39 is 0 Å². The Morgan fingerprint density at radius 3 is 2.73 bits per heavy atom. The lowest BCUT2D eigenvalue weighted by Gasteiger charge is -2.27. The summed E-state index contributed by atoms with van der Waals surface area (Å²) in [5.74, 6) is 6.40. The fraction of sp³-hybridized carbons (Fsp3) is 0.545. The average molecular weight is 430 g/mol. The second kappa shape index (κ2) is 10.3. The normalized spacial score (nSPS) is 22.3. The molecule has 2 aromatic rings. The van der Waals surface area contributed by atoms with Gasteiger partial charge >= 0.3 is 0 Å². The van der Waals surface area contributed by atoms with Crippen LogP contribution < -0.4 is 5.32 Å². The molecule has 8 heteroatoms. The van der Waals surface area contributed by atoms with Crippen molar-refractivity contribution in [3.63, 3.8) is 0 Å². The van der Waals surface area contributed by atoms with E-state index >= 15 is 0 Å². The van der Waals surface area contributed by atoms with E-state index in [2.05, 4.69) is 32.1 Å². The molecule has 2 N–H and O–H groups in total. The first-order chi connectivity index (χ1) is 14.7. The average Bonchev–Trinajstić information content (AvgIpc) is 3.22. The van der Waals surface area contributed by atoms with Gasteiger partial charge in [0.25, 0.3) is 0 Å². The minimum absolute atomic E-state index is 0.178. The first-order valence-corrected chi connectivity index (χ1v) is 11.0. The van der Waals surface area contributed by atoms with Crippen molar-refractivity contribution in [2.24, 2.45) is 0 Å². The monoisotopic (exact) mass is 429 g/mol. The Balaban J connectivity index is 1.39. The molecule has 1 aliphatic heterocycles. The number of aliphatic hydroxyl groups excluding tert-OH is 1. The zero-order chi connectivity index (χ0) is 20.8. The van der Waals surface area contributed by atoms with E-state index in [4.69, 9.17) is 16.3 Å².